The van der Waals surface area contributed by atoms with E-state index in [-0.39, 0.29) is 16.4 Å². The number of carbonyl (C=O) groups is 1. The number of carbonyl (C=O) groups excluding carboxylic acids is 1. The second-order valence-corrected chi connectivity index (χ2v) is 9.85. The fraction of sp³-hybridized carbons (Fsp3) is 0.250. The molecule has 1 aliphatic heterocycles. The zero-order valence-electron chi connectivity index (χ0n) is 21.7. The fourth-order valence-electron chi connectivity index (χ4n) is 4.61. The van der Waals surface area contributed by atoms with Crippen LogP contribution in [-0.2, 0) is 4.74 Å². The van der Waals surface area contributed by atoms with E-state index in [9.17, 15) is 14.9 Å². The van der Waals surface area contributed by atoms with E-state index in [0.717, 1.165) is 33.4 Å². The third-order valence-corrected chi connectivity index (χ3v) is 6.77. The molecule has 1 aromatic heterocycles. The summed E-state index contributed by atoms with van der Waals surface area (Å²) in [6.07, 6.45) is 0. The number of morpholine rings is 1. The Bertz CT molecular complexity index is 1610. The van der Waals surface area contributed by atoms with Crippen LogP contribution in [0.15, 0.2) is 52.9 Å². The van der Waals surface area contributed by atoms with E-state index in [1.54, 1.807) is 6.07 Å². The molecule has 10 nitrogen and oxygen atoms in total. The average Bonchev–Trinajstić information content (AvgIpc) is 3.34. The largest absolute Gasteiger partial charge is 0.436 e. The standard InChI is InChI=1S/C28H27N5O5S/c1-16-12-18(3)25-23(13-16)29-27(38-25)19-5-4-17(2)22(14-19)30-28(39)31-26(34)21-15-20(33(35)36)6-7-24(21)32-8-10-37-11-9-32/h4-7,12-15H,8-11H2,1-3H3,(H2,30,31,34,39). The van der Waals surface area contributed by atoms with E-state index in [4.69, 9.17) is 21.4 Å². The van der Waals surface area contributed by atoms with Crippen molar-refractivity contribution in [1.29, 1.82) is 0 Å². The van der Waals surface area contributed by atoms with Crippen LogP contribution >= 0.6 is 12.2 Å². The highest BCUT2D eigenvalue weighted by atomic mass is 32.1. The first-order valence-electron chi connectivity index (χ1n) is 12.4. The molecule has 1 saturated heterocycles. The highest BCUT2D eigenvalue weighted by molar-refractivity contribution is 7.80. The predicted octanol–water partition coefficient (Wildman–Crippen LogP) is 5.29. The number of benzene rings is 3. The Labute approximate surface area is 230 Å². The summed E-state index contributed by atoms with van der Waals surface area (Å²) in [6.45, 7) is 8.07. The van der Waals surface area contributed by atoms with Gasteiger partial charge in [-0.25, -0.2) is 4.98 Å². The Morgan fingerprint density at radius 2 is 1.82 bits per heavy atom. The number of non-ortho nitro benzene ring substituents is 1. The number of ether oxygens (including phenoxy) is 1. The van der Waals surface area contributed by atoms with Gasteiger partial charge < -0.3 is 19.4 Å². The van der Waals surface area contributed by atoms with Crippen molar-refractivity contribution in [3.8, 4) is 11.5 Å². The van der Waals surface area contributed by atoms with Gasteiger partial charge in [0.1, 0.15) is 5.52 Å². The lowest BCUT2D eigenvalue weighted by atomic mass is 10.1. The van der Waals surface area contributed by atoms with Crippen molar-refractivity contribution in [2.45, 2.75) is 20.8 Å². The number of amides is 1. The Kier molecular flexibility index (Phi) is 7.27. The molecule has 0 saturated carbocycles. The van der Waals surface area contributed by atoms with Crippen molar-refractivity contribution < 1.29 is 18.9 Å². The van der Waals surface area contributed by atoms with Crippen molar-refractivity contribution in [2.24, 2.45) is 0 Å². The van der Waals surface area contributed by atoms with E-state index in [0.29, 0.717) is 43.6 Å². The number of aromatic nitrogens is 1. The molecule has 1 aliphatic rings. The first-order valence-corrected chi connectivity index (χ1v) is 12.8. The zero-order valence-corrected chi connectivity index (χ0v) is 22.6. The maximum atomic E-state index is 13.3. The molecule has 4 aromatic rings. The molecular formula is C28H27N5O5S. The molecule has 0 aliphatic carbocycles. The number of anilines is 2. The van der Waals surface area contributed by atoms with Crippen molar-refractivity contribution in [3.63, 3.8) is 0 Å². The molecule has 0 spiro atoms. The lowest BCUT2D eigenvalue weighted by Gasteiger charge is -2.30. The van der Waals surface area contributed by atoms with Gasteiger partial charge >= 0.3 is 0 Å². The van der Waals surface area contributed by atoms with Gasteiger partial charge in [0.25, 0.3) is 11.6 Å². The molecule has 0 bridgehead atoms. The number of hydrogen-bond acceptors (Lipinski definition) is 8. The molecule has 11 heteroatoms. The van der Waals surface area contributed by atoms with Crippen molar-refractivity contribution >= 4 is 51.4 Å². The first kappa shape index (κ1) is 26.3. The van der Waals surface area contributed by atoms with Crippen LogP contribution < -0.4 is 15.5 Å². The highest BCUT2D eigenvalue weighted by Crippen LogP contribution is 2.30. The number of thiocarbonyl (C=S) groups is 1. The number of hydrogen-bond donors (Lipinski definition) is 2. The molecular weight excluding hydrogens is 518 g/mol. The maximum absolute atomic E-state index is 13.3. The minimum Gasteiger partial charge on any atom is -0.436 e. The van der Waals surface area contributed by atoms with Crippen LogP contribution in [0, 0.1) is 30.9 Å². The number of nitrogens with one attached hydrogen (secondary N) is 2. The Morgan fingerprint density at radius 3 is 2.56 bits per heavy atom. The SMILES string of the molecule is Cc1cc(C)c2oc(-c3ccc(C)c(NC(=S)NC(=O)c4cc([N+](=O)[O-])ccc4N4CCOCC4)c3)nc2c1. The Morgan fingerprint density at radius 1 is 1.05 bits per heavy atom. The molecule has 39 heavy (non-hydrogen) atoms. The van der Waals surface area contributed by atoms with E-state index < -0.39 is 10.8 Å². The topological polar surface area (TPSA) is 123 Å². The first-order chi connectivity index (χ1) is 18.7. The van der Waals surface area contributed by atoms with Crippen LogP contribution in [-0.4, -0.2) is 47.2 Å². The number of oxazole rings is 1. The van der Waals surface area contributed by atoms with E-state index in [2.05, 4.69) is 15.6 Å². The van der Waals surface area contributed by atoms with Crippen molar-refractivity contribution in [2.75, 3.05) is 36.5 Å². The van der Waals surface area contributed by atoms with Gasteiger partial charge in [-0.1, -0.05) is 12.1 Å². The van der Waals surface area contributed by atoms with Gasteiger partial charge in [-0.05, 0) is 73.9 Å². The normalized spacial score (nSPS) is 13.4. The van der Waals surface area contributed by atoms with Gasteiger partial charge in [-0.3, -0.25) is 20.2 Å². The van der Waals surface area contributed by atoms with Crippen LogP contribution in [0.3, 0.4) is 0 Å². The van der Waals surface area contributed by atoms with E-state index >= 15 is 0 Å². The van der Waals surface area contributed by atoms with Gasteiger partial charge in [0.2, 0.25) is 5.89 Å². The van der Waals surface area contributed by atoms with Gasteiger partial charge in [-0.15, -0.1) is 0 Å². The molecule has 200 valence electrons. The number of nitro benzene ring substituents is 1. The van der Waals surface area contributed by atoms with Gasteiger partial charge in [0, 0.05) is 36.5 Å². The van der Waals surface area contributed by atoms with Crippen molar-refractivity contribution in [3.05, 3.63) is 80.9 Å². The third kappa shape index (κ3) is 5.59. The highest BCUT2D eigenvalue weighted by Gasteiger charge is 2.23. The van der Waals surface area contributed by atoms with Gasteiger partial charge in [0.05, 0.1) is 29.4 Å². The third-order valence-electron chi connectivity index (χ3n) is 6.57. The summed E-state index contributed by atoms with van der Waals surface area (Å²) >= 11 is 5.45. The van der Waals surface area contributed by atoms with Gasteiger partial charge in [0.15, 0.2) is 10.7 Å². The van der Waals surface area contributed by atoms with Crippen LogP contribution in [0.25, 0.3) is 22.6 Å². The molecule has 2 N–H and O–H groups in total. The second kappa shape index (κ2) is 10.8. The van der Waals surface area contributed by atoms with E-state index in [1.807, 2.05) is 56.0 Å². The summed E-state index contributed by atoms with van der Waals surface area (Å²) in [7, 11) is 0. The molecule has 5 rings (SSSR count). The predicted molar refractivity (Wildman–Crippen MR) is 153 cm³/mol. The second-order valence-electron chi connectivity index (χ2n) is 9.45. The summed E-state index contributed by atoms with van der Waals surface area (Å²) in [6, 6.07) is 13.9. The number of nitro groups is 1. The zero-order chi connectivity index (χ0) is 27.7. The quantitative estimate of drug-likeness (QED) is 0.196. The van der Waals surface area contributed by atoms with Crippen LogP contribution in [0.1, 0.15) is 27.0 Å². The lowest BCUT2D eigenvalue weighted by Crippen LogP contribution is -2.39. The smallest absolute Gasteiger partial charge is 0.270 e. The summed E-state index contributed by atoms with van der Waals surface area (Å²) in [5, 5.41) is 17.2. The Hall–Kier alpha value is -4.35. The minimum atomic E-state index is -0.545. The molecule has 1 fully saturated rings. The summed E-state index contributed by atoms with van der Waals surface area (Å²) < 4.78 is 11.5. The molecule has 0 unspecified atom stereocenters. The minimum absolute atomic E-state index is 0.0590. The lowest BCUT2D eigenvalue weighted by molar-refractivity contribution is -0.384. The molecule has 0 atom stereocenters. The van der Waals surface area contributed by atoms with Crippen LogP contribution in [0.2, 0.25) is 0 Å². The molecule has 0 radical (unpaired) electrons. The van der Waals surface area contributed by atoms with Crippen LogP contribution in [0.5, 0.6) is 0 Å². The summed E-state index contributed by atoms with van der Waals surface area (Å²) in [5.74, 6) is -0.0697. The maximum Gasteiger partial charge on any atom is 0.270 e. The monoisotopic (exact) mass is 545 g/mol. The van der Waals surface area contributed by atoms with E-state index in [1.165, 1.54) is 12.1 Å². The summed E-state index contributed by atoms with van der Waals surface area (Å²) in [5.41, 5.74) is 6.52. The summed E-state index contributed by atoms with van der Waals surface area (Å²) in [4.78, 5) is 30.8. The molecule has 1 amide bonds. The Balaban J connectivity index is 1.37. The van der Waals surface area contributed by atoms with Crippen LogP contribution in [0.4, 0.5) is 17.1 Å². The fourth-order valence-corrected chi connectivity index (χ4v) is 4.82. The molecule has 2 heterocycles. The number of aryl methyl sites for hydroxylation is 3. The number of fused-ring (bicyclic) bond motifs is 1. The molecule has 3 aromatic carbocycles. The van der Waals surface area contributed by atoms with Crippen molar-refractivity contribution in [1.82, 2.24) is 10.3 Å². The van der Waals surface area contributed by atoms with Gasteiger partial charge in [-0.2, -0.15) is 0 Å². The average molecular weight is 546 g/mol. The number of nitrogens with zero attached hydrogens (tertiary/aromatic N) is 3. The number of rotatable bonds is 5.